The van der Waals surface area contributed by atoms with Crippen molar-refractivity contribution >= 4 is 16.8 Å². The summed E-state index contributed by atoms with van der Waals surface area (Å²) in [6.45, 7) is 8.22. The maximum atomic E-state index is 6.17. The molecule has 1 heterocycles. The number of nitrogens with zero attached hydrogens (tertiary/aromatic N) is 2. The molecule has 17 heavy (non-hydrogen) atoms. The van der Waals surface area contributed by atoms with Crippen LogP contribution in [0.4, 0.5) is 5.69 Å². The Morgan fingerprint density at radius 3 is 1.76 bits per heavy atom. The number of nitrogens with two attached hydrogens (primary N) is 1. The topological polar surface area (TPSA) is 51.8 Å². The lowest BCUT2D eigenvalue weighted by Gasteiger charge is -2.11. The number of allylic oxidation sites excluding steroid dienone is 2. The molecule has 2 N–H and O–H groups in total. The largest absolute Gasteiger partial charge is 0.395 e. The van der Waals surface area contributed by atoms with E-state index in [9.17, 15) is 0 Å². The molecule has 3 nitrogen and oxygen atoms in total. The van der Waals surface area contributed by atoms with Crippen LogP contribution in [0.15, 0.2) is 19.5 Å². The van der Waals surface area contributed by atoms with E-state index in [2.05, 4.69) is 23.1 Å². The summed E-state index contributed by atoms with van der Waals surface area (Å²) in [5, 5.41) is 0. The van der Waals surface area contributed by atoms with Crippen molar-refractivity contribution in [3.8, 4) is 0 Å². The van der Waals surface area contributed by atoms with E-state index in [0.717, 1.165) is 22.5 Å². The fourth-order valence-electron chi connectivity index (χ4n) is 2.16. The van der Waals surface area contributed by atoms with Gasteiger partial charge in [0.1, 0.15) is 6.33 Å². The Hall–Kier alpha value is -1.64. The van der Waals surface area contributed by atoms with Crippen molar-refractivity contribution in [2.24, 2.45) is 11.8 Å². The van der Waals surface area contributed by atoms with Gasteiger partial charge in [-0.2, -0.15) is 0 Å². The van der Waals surface area contributed by atoms with Crippen LogP contribution in [0.5, 0.6) is 0 Å². The first-order chi connectivity index (χ1) is 8.18. The van der Waals surface area contributed by atoms with Gasteiger partial charge in [-0.15, -0.1) is 0 Å². The lowest BCUT2D eigenvalue weighted by Crippen LogP contribution is -2.05. The first kappa shape index (κ1) is 10.5. The molecule has 1 aromatic rings. The molecule has 3 heteroatoms. The molecular formula is C14H17N3. The molecule has 2 saturated carbocycles. The normalized spacial score (nSPS) is 19.1. The number of aromatic nitrogens is 2. The van der Waals surface area contributed by atoms with Crippen LogP contribution in [-0.4, -0.2) is 9.97 Å². The van der Waals surface area contributed by atoms with Crippen LogP contribution in [0, 0.1) is 11.8 Å². The van der Waals surface area contributed by atoms with Gasteiger partial charge < -0.3 is 5.73 Å². The van der Waals surface area contributed by atoms with E-state index in [1.54, 1.807) is 6.33 Å². The van der Waals surface area contributed by atoms with Crippen molar-refractivity contribution in [3.63, 3.8) is 0 Å². The van der Waals surface area contributed by atoms with Crippen molar-refractivity contribution < 1.29 is 0 Å². The third-order valence-corrected chi connectivity index (χ3v) is 3.63. The van der Waals surface area contributed by atoms with Gasteiger partial charge in [-0.05, 0) is 48.7 Å². The van der Waals surface area contributed by atoms with Crippen LogP contribution < -0.4 is 5.73 Å². The molecule has 1 aromatic heterocycles. The summed E-state index contributed by atoms with van der Waals surface area (Å²) in [6.07, 6.45) is 6.42. The van der Waals surface area contributed by atoms with Crippen molar-refractivity contribution in [2.45, 2.75) is 25.7 Å². The number of rotatable bonds is 4. The summed E-state index contributed by atoms with van der Waals surface area (Å²) >= 11 is 0. The van der Waals surface area contributed by atoms with Crippen molar-refractivity contribution in [2.75, 3.05) is 5.73 Å². The predicted octanol–water partition coefficient (Wildman–Crippen LogP) is 2.91. The van der Waals surface area contributed by atoms with Gasteiger partial charge >= 0.3 is 0 Å². The van der Waals surface area contributed by atoms with E-state index in [1.165, 1.54) is 25.7 Å². The molecule has 2 aliphatic carbocycles. The average Bonchev–Trinajstić information content (AvgIpc) is 3.20. The van der Waals surface area contributed by atoms with E-state index >= 15 is 0 Å². The molecule has 2 aliphatic rings. The monoisotopic (exact) mass is 227 g/mol. The molecule has 0 aromatic carbocycles. The second kappa shape index (κ2) is 3.69. The Labute approximate surface area is 101 Å². The Morgan fingerprint density at radius 2 is 1.41 bits per heavy atom. The van der Waals surface area contributed by atoms with Gasteiger partial charge in [0.05, 0.1) is 17.1 Å². The van der Waals surface area contributed by atoms with Gasteiger partial charge in [-0.1, -0.05) is 13.2 Å². The van der Waals surface area contributed by atoms with Crippen LogP contribution >= 0.6 is 0 Å². The standard InChI is InChI=1S/C14H17N3/c1-8(10-3-4-10)13-12(15)14(17-7-16-13)9(2)11-5-6-11/h7,10-11H,1-6,15H2. The maximum Gasteiger partial charge on any atom is 0.116 e. The van der Waals surface area contributed by atoms with E-state index in [4.69, 9.17) is 5.73 Å². The average molecular weight is 227 g/mol. The van der Waals surface area contributed by atoms with E-state index < -0.39 is 0 Å². The molecule has 0 bridgehead atoms. The molecule has 0 amide bonds. The molecule has 0 spiro atoms. The molecule has 0 saturated heterocycles. The molecule has 3 rings (SSSR count). The van der Waals surface area contributed by atoms with Gasteiger partial charge in [-0.25, -0.2) is 9.97 Å². The molecular weight excluding hydrogens is 210 g/mol. The molecule has 2 fully saturated rings. The first-order valence-electron chi connectivity index (χ1n) is 6.17. The quantitative estimate of drug-likeness (QED) is 0.860. The second-order valence-corrected chi connectivity index (χ2v) is 5.08. The highest BCUT2D eigenvalue weighted by Gasteiger charge is 2.31. The minimum absolute atomic E-state index is 0.578. The van der Waals surface area contributed by atoms with Crippen molar-refractivity contribution in [3.05, 3.63) is 30.9 Å². The third kappa shape index (κ3) is 1.86. The molecule has 0 atom stereocenters. The highest BCUT2D eigenvalue weighted by Crippen LogP contribution is 2.45. The Balaban J connectivity index is 1.96. The van der Waals surface area contributed by atoms with E-state index in [0.29, 0.717) is 17.5 Å². The molecule has 0 aliphatic heterocycles. The van der Waals surface area contributed by atoms with Gasteiger partial charge in [0.2, 0.25) is 0 Å². The SMILES string of the molecule is C=C(c1ncnc(C(=C)C2CC2)c1N)C1CC1. The number of hydrogen-bond donors (Lipinski definition) is 1. The number of anilines is 1. The molecule has 0 unspecified atom stereocenters. The highest BCUT2D eigenvalue weighted by atomic mass is 14.9. The van der Waals surface area contributed by atoms with Crippen LogP contribution in [-0.2, 0) is 0 Å². The third-order valence-electron chi connectivity index (χ3n) is 3.63. The van der Waals surface area contributed by atoms with Crippen LogP contribution in [0.3, 0.4) is 0 Å². The fourth-order valence-corrected chi connectivity index (χ4v) is 2.16. The van der Waals surface area contributed by atoms with Gasteiger partial charge in [0.15, 0.2) is 0 Å². The van der Waals surface area contributed by atoms with E-state index in [1.807, 2.05) is 0 Å². The minimum Gasteiger partial charge on any atom is -0.395 e. The highest BCUT2D eigenvalue weighted by molar-refractivity contribution is 5.81. The summed E-state index contributed by atoms with van der Waals surface area (Å²) in [6, 6.07) is 0. The van der Waals surface area contributed by atoms with Gasteiger partial charge in [0, 0.05) is 0 Å². The second-order valence-electron chi connectivity index (χ2n) is 5.08. The fraction of sp³-hybridized carbons (Fsp3) is 0.429. The lowest BCUT2D eigenvalue weighted by molar-refractivity contribution is 1.05. The first-order valence-corrected chi connectivity index (χ1v) is 6.17. The van der Waals surface area contributed by atoms with Crippen LogP contribution in [0.25, 0.3) is 11.1 Å². The minimum atomic E-state index is 0.578. The Bertz CT molecular complexity index is 454. The zero-order valence-electron chi connectivity index (χ0n) is 9.95. The van der Waals surface area contributed by atoms with E-state index in [-0.39, 0.29) is 0 Å². The lowest BCUT2D eigenvalue weighted by atomic mass is 10.0. The number of nitrogen functional groups attached to an aromatic ring is 1. The maximum absolute atomic E-state index is 6.17. The predicted molar refractivity (Wildman–Crippen MR) is 70.0 cm³/mol. The zero-order valence-corrected chi connectivity index (χ0v) is 9.95. The van der Waals surface area contributed by atoms with Gasteiger partial charge in [0.25, 0.3) is 0 Å². The number of hydrogen-bond acceptors (Lipinski definition) is 3. The smallest absolute Gasteiger partial charge is 0.116 e. The summed E-state index contributed by atoms with van der Waals surface area (Å²) in [5.41, 5.74) is 10.6. The van der Waals surface area contributed by atoms with Crippen molar-refractivity contribution in [1.82, 2.24) is 9.97 Å². The summed E-state index contributed by atoms with van der Waals surface area (Å²) in [5.74, 6) is 1.16. The summed E-state index contributed by atoms with van der Waals surface area (Å²) < 4.78 is 0. The molecule has 88 valence electrons. The van der Waals surface area contributed by atoms with Gasteiger partial charge in [-0.3, -0.25) is 0 Å². The van der Waals surface area contributed by atoms with Crippen LogP contribution in [0.2, 0.25) is 0 Å². The summed E-state index contributed by atoms with van der Waals surface area (Å²) in [4.78, 5) is 8.57. The Morgan fingerprint density at radius 1 is 1.00 bits per heavy atom. The Kier molecular flexibility index (Phi) is 2.28. The zero-order chi connectivity index (χ0) is 12.0. The van der Waals surface area contributed by atoms with Crippen molar-refractivity contribution in [1.29, 1.82) is 0 Å². The molecule has 0 radical (unpaired) electrons. The summed E-state index contributed by atoms with van der Waals surface area (Å²) in [7, 11) is 0. The van der Waals surface area contributed by atoms with Crippen LogP contribution in [0.1, 0.15) is 37.1 Å².